The SMILES string of the molecule is BrCCOC1CCN(c2nccs2)CC1. The van der Waals surface area contributed by atoms with Gasteiger partial charge in [-0.3, -0.25) is 0 Å². The van der Waals surface area contributed by atoms with Gasteiger partial charge in [-0.1, -0.05) is 15.9 Å². The molecule has 3 nitrogen and oxygen atoms in total. The molecular weight excluding hydrogens is 276 g/mol. The van der Waals surface area contributed by atoms with E-state index in [-0.39, 0.29) is 0 Å². The lowest BCUT2D eigenvalue weighted by Gasteiger charge is -2.31. The Morgan fingerprint density at radius 1 is 1.53 bits per heavy atom. The summed E-state index contributed by atoms with van der Waals surface area (Å²) in [4.78, 5) is 6.67. The molecular formula is C10H15BrN2OS. The van der Waals surface area contributed by atoms with Crippen LogP contribution >= 0.6 is 27.3 Å². The second-order valence-electron chi connectivity index (χ2n) is 3.56. The zero-order valence-electron chi connectivity index (χ0n) is 8.56. The van der Waals surface area contributed by atoms with Gasteiger partial charge in [-0.25, -0.2) is 4.98 Å². The quantitative estimate of drug-likeness (QED) is 0.797. The first-order chi connectivity index (χ1) is 7.40. The molecule has 0 amide bonds. The summed E-state index contributed by atoms with van der Waals surface area (Å²) in [6.07, 6.45) is 4.55. The van der Waals surface area contributed by atoms with Crippen molar-refractivity contribution in [1.29, 1.82) is 0 Å². The molecule has 0 unspecified atom stereocenters. The van der Waals surface area contributed by atoms with Crippen molar-refractivity contribution < 1.29 is 4.74 Å². The molecule has 0 spiro atoms. The van der Waals surface area contributed by atoms with E-state index in [9.17, 15) is 0 Å². The summed E-state index contributed by atoms with van der Waals surface area (Å²) in [5.41, 5.74) is 0. The van der Waals surface area contributed by atoms with Crippen molar-refractivity contribution in [3.05, 3.63) is 11.6 Å². The molecule has 2 heterocycles. The minimum Gasteiger partial charge on any atom is -0.377 e. The van der Waals surface area contributed by atoms with E-state index in [0.717, 1.165) is 43.0 Å². The van der Waals surface area contributed by atoms with E-state index in [4.69, 9.17) is 4.74 Å². The highest BCUT2D eigenvalue weighted by molar-refractivity contribution is 9.09. The predicted molar refractivity (Wildman–Crippen MR) is 67.1 cm³/mol. The van der Waals surface area contributed by atoms with Gasteiger partial charge in [0.15, 0.2) is 5.13 Å². The Morgan fingerprint density at radius 2 is 2.33 bits per heavy atom. The third kappa shape index (κ3) is 3.16. The van der Waals surface area contributed by atoms with Gasteiger partial charge in [0.1, 0.15) is 0 Å². The molecule has 0 radical (unpaired) electrons. The molecule has 0 saturated carbocycles. The van der Waals surface area contributed by atoms with Gasteiger partial charge in [0.05, 0.1) is 12.7 Å². The fraction of sp³-hybridized carbons (Fsp3) is 0.700. The molecule has 1 saturated heterocycles. The van der Waals surface area contributed by atoms with E-state index in [1.165, 1.54) is 0 Å². The number of hydrogen-bond donors (Lipinski definition) is 0. The van der Waals surface area contributed by atoms with Crippen LogP contribution in [0.3, 0.4) is 0 Å². The number of piperidine rings is 1. The number of thiazole rings is 1. The Balaban J connectivity index is 1.77. The van der Waals surface area contributed by atoms with Gasteiger partial charge in [0.25, 0.3) is 0 Å². The van der Waals surface area contributed by atoms with Crippen molar-refractivity contribution in [2.45, 2.75) is 18.9 Å². The van der Waals surface area contributed by atoms with Gasteiger partial charge in [0, 0.05) is 30.0 Å². The van der Waals surface area contributed by atoms with Crippen LogP contribution in [0.1, 0.15) is 12.8 Å². The zero-order chi connectivity index (χ0) is 10.5. The maximum atomic E-state index is 5.71. The van der Waals surface area contributed by atoms with Crippen LogP contribution in [0.2, 0.25) is 0 Å². The number of alkyl halides is 1. The number of ether oxygens (including phenoxy) is 1. The molecule has 1 fully saturated rings. The second-order valence-corrected chi connectivity index (χ2v) is 5.23. The highest BCUT2D eigenvalue weighted by atomic mass is 79.9. The molecule has 1 aliphatic heterocycles. The van der Waals surface area contributed by atoms with Crippen LogP contribution < -0.4 is 4.90 Å². The third-order valence-electron chi connectivity index (χ3n) is 2.56. The zero-order valence-corrected chi connectivity index (χ0v) is 11.0. The molecule has 0 aliphatic carbocycles. The number of rotatable bonds is 4. The fourth-order valence-corrected chi connectivity index (χ4v) is 2.68. The molecule has 84 valence electrons. The van der Waals surface area contributed by atoms with Crippen molar-refractivity contribution in [2.75, 3.05) is 29.9 Å². The summed E-state index contributed by atoms with van der Waals surface area (Å²) < 4.78 is 5.71. The van der Waals surface area contributed by atoms with Gasteiger partial charge in [-0.15, -0.1) is 11.3 Å². The number of halogens is 1. The fourth-order valence-electron chi connectivity index (χ4n) is 1.80. The van der Waals surface area contributed by atoms with Gasteiger partial charge < -0.3 is 9.64 Å². The van der Waals surface area contributed by atoms with Crippen molar-refractivity contribution in [3.63, 3.8) is 0 Å². The lowest BCUT2D eigenvalue weighted by atomic mass is 10.1. The number of aromatic nitrogens is 1. The highest BCUT2D eigenvalue weighted by Gasteiger charge is 2.20. The number of nitrogens with zero attached hydrogens (tertiary/aromatic N) is 2. The summed E-state index contributed by atoms with van der Waals surface area (Å²) in [6, 6.07) is 0. The van der Waals surface area contributed by atoms with E-state index in [1.807, 2.05) is 11.6 Å². The molecule has 5 heteroatoms. The average molecular weight is 291 g/mol. The number of hydrogen-bond acceptors (Lipinski definition) is 4. The first kappa shape index (κ1) is 11.4. The molecule has 1 aliphatic rings. The van der Waals surface area contributed by atoms with E-state index < -0.39 is 0 Å². The van der Waals surface area contributed by atoms with Crippen LogP contribution in [0, 0.1) is 0 Å². The minimum atomic E-state index is 0.443. The molecule has 0 bridgehead atoms. The van der Waals surface area contributed by atoms with Crippen LogP contribution in [0.5, 0.6) is 0 Å². The van der Waals surface area contributed by atoms with Crippen molar-refractivity contribution >= 4 is 32.4 Å². The van der Waals surface area contributed by atoms with Gasteiger partial charge in [-0.05, 0) is 12.8 Å². The molecule has 0 aromatic carbocycles. The summed E-state index contributed by atoms with van der Waals surface area (Å²) in [5, 5.41) is 4.11. The highest BCUT2D eigenvalue weighted by Crippen LogP contribution is 2.22. The Labute approximate surface area is 103 Å². The Bertz CT molecular complexity index is 273. The van der Waals surface area contributed by atoms with Gasteiger partial charge in [-0.2, -0.15) is 0 Å². The van der Waals surface area contributed by atoms with E-state index in [2.05, 4.69) is 25.8 Å². The minimum absolute atomic E-state index is 0.443. The Hall–Kier alpha value is -0.130. The molecule has 1 aromatic heterocycles. The standard InChI is InChI=1S/C10H15BrN2OS/c11-3-7-14-9-1-5-13(6-2-9)10-12-4-8-15-10/h4,8-9H,1-3,5-7H2. The number of anilines is 1. The third-order valence-corrected chi connectivity index (χ3v) is 3.72. The van der Waals surface area contributed by atoms with Gasteiger partial charge >= 0.3 is 0 Å². The van der Waals surface area contributed by atoms with E-state index >= 15 is 0 Å². The smallest absolute Gasteiger partial charge is 0.185 e. The van der Waals surface area contributed by atoms with Gasteiger partial charge in [0.2, 0.25) is 0 Å². The van der Waals surface area contributed by atoms with Crippen LogP contribution in [0.4, 0.5) is 5.13 Å². The van der Waals surface area contributed by atoms with Crippen molar-refractivity contribution in [3.8, 4) is 0 Å². The predicted octanol–water partition coefficient (Wildman–Crippen LogP) is 2.52. The van der Waals surface area contributed by atoms with E-state index in [1.54, 1.807) is 11.3 Å². The maximum absolute atomic E-state index is 5.71. The lowest BCUT2D eigenvalue weighted by Crippen LogP contribution is -2.37. The van der Waals surface area contributed by atoms with Crippen molar-refractivity contribution in [1.82, 2.24) is 4.98 Å². The summed E-state index contributed by atoms with van der Waals surface area (Å²) in [5.74, 6) is 0. The largest absolute Gasteiger partial charge is 0.377 e. The average Bonchev–Trinajstić information content (AvgIpc) is 2.80. The maximum Gasteiger partial charge on any atom is 0.185 e. The topological polar surface area (TPSA) is 25.4 Å². The first-order valence-electron chi connectivity index (χ1n) is 5.22. The molecule has 0 N–H and O–H groups in total. The summed E-state index contributed by atoms with van der Waals surface area (Å²) in [7, 11) is 0. The van der Waals surface area contributed by atoms with Crippen LogP contribution in [-0.2, 0) is 4.74 Å². The second kappa shape index (κ2) is 5.82. The Kier molecular flexibility index (Phi) is 4.41. The van der Waals surface area contributed by atoms with Crippen LogP contribution in [0.25, 0.3) is 0 Å². The monoisotopic (exact) mass is 290 g/mol. The van der Waals surface area contributed by atoms with Crippen LogP contribution in [-0.4, -0.2) is 36.1 Å². The summed E-state index contributed by atoms with van der Waals surface area (Å²) in [6.45, 7) is 2.96. The Morgan fingerprint density at radius 3 is 2.93 bits per heavy atom. The molecule has 15 heavy (non-hydrogen) atoms. The molecule has 1 aromatic rings. The molecule has 2 rings (SSSR count). The van der Waals surface area contributed by atoms with Crippen LogP contribution in [0.15, 0.2) is 11.6 Å². The first-order valence-corrected chi connectivity index (χ1v) is 7.22. The van der Waals surface area contributed by atoms with E-state index in [0.29, 0.717) is 6.10 Å². The normalized spacial score (nSPS) is 18.3. The molecule has 0 atom stereocenters. The lowest BCUT2D eigenvalue weighted by molar-refractivity contribution is 0.0481. The summed E-state index contributed by atoms with van der Waals surface area (Å²) >= 11 is 5.09. The van der Waals surface area contributed by atoms with Crippen molar-refractivity contribution in [2.24, 2.45) is 0 Å².